The average Bonchev–Trinajstić information content (AvgIpc) is 3.39. The Hall–Kier alpha value is -5.20. The van der Waals surface area contributed by atoms with Crippen molar-refractivity contribution >= 4 is 40.1 Å². The molecule has 0 aliphatic carbocycles. The second kappa shape index (κ2) is 10.3. The minimum Gasteiger partial charge on any atom is -0.487 e. The Labute approximate surface area is 247 Å². The number of carbonyl (C=O) groups excluding carboxylic acids is 1. The summed E-state index contributed by atoms with van der Waals surface area (Å²) in [7, 11) is 0. The molecule has 2 aliphatic heterocycles. The summed E-state index contributed by atoms with van der Waals surface area (Å²) < 4.78 is 19.6. The lowest BCUT2D eigenvalue weighted by Gasteiger charge is -2.39. The van der Waals surface area contributed by atoms with Gasteiger partial charge in [0.2, 0.25) is 0 Å². The van der Waals surface area contributed by atoms with Gasteiger partial charge in [0.1, 0.15) is 41.9 Å². The highest BCUT2D eigenvalue weighted by Crippen LogP contribution is 2.36. The van der Waals surface area contributed by atoms with Crippen LogP contribution in [0.3, 0.4) is 0 Å². The summed E-state index contributed by atoms with van der Waals surface area (Å²) in [6, 6.07) is 11.2. The number of fused-ring (bicyclic) bond motifs is 6. The van der Waals surface area contributed by atoms with Gasteiger partial charge in [-0.1, -0.05) is 0 Å². The van der Waals surface area contributed by atoms with Gasteiger partial charge in [0, 0.05) is 43.7 Å². The zero-order valence-electron chi connectivity index (χ0n) is 24.3. The summed E-state index contributed by atoms with van der Waals surface area (Å²) in [6.07, 6.45) is 4.49. The molecule has 1 atom stereocenters. The first-order valence-electron chi connectivity index (χ1n) is 14.1. The molecule has 2 aliphatic rings. The number of ether oxygens (including phenoxy) is 3. The lowest BCUT2D eigenvalue weighted by Crippen LogP contribution is -2.57. The third-order valence-electron chi connectivity index (χ3n) is 7.32. The number of hydrogen-bond donors (Lipinski definition) is 1. The van der Waals surface area contributed by atoms with E-state index in [-0.39, 0.29) is 12.1 Å². The molecule has 0 unspecified atom stereocenters. The van der Waals surface area contributed by atoms with E-state index < -0.39 is 5.60 Å². The standard InChI is InChI=1S/C30H31N9O4/c1-18-11-19(5-6-23(18)42-21-7-8-39-25(12-21)32-17-34-39)35-27-26-22(31-16-33-27)13-24-28(36-26)37-9-10-38(20(14-37)15-41-24)29(40)43-30(2,3)4/h5-8,11-13,16-17,20H,9-10,14-15H2,1-4H3,(H,31,33,35)/t20-/m1/s1. The number of pyridine rings is 2. The van der Waals surface area contributed by atoms with Crippen LogP contribution in [-0.4, -0.2) is 78.4 Å². The molecule has 6 heterocycles. The number of hydrogen-bond acceptors (Lipinski definition) is 11. The molecule has 1 aromatic carbocycles. The number of piperazine rings is 1. The predicted molar refractivity (Wildman–Crippen MR) is 159 cm³/mol. The van der Waals surface area contributed by atoms with Gasteiger partial charge in [0.25, 0.3) is 0 Å². The van der Waals surface area contributed by atoms with Gasteiger partial charge in [-0.3, -0.25) is 4.90 Å². The fraction of sp³-hybridized carbons (Fsp3) is 0.333. The minimum atomic E-state index is -0.566. The van der Waals surface area contributed by atoms with Crippen LogP contribution in [0.2, 0.25) is 0 Å². The normalized spacial score (nSPS) is 16.4. The summed E-state index contributed by atoms with van der Waals surface area (Å²) in [4.78, 5) is 34.9. The van der Waals surface area contributed by atoms with Crippen LogP contribution in [0.25, 0.3) is 16.7 Å². The Balaban J connectivity index is 1.12. The fourth-order valence-electron chi connectivity index (χ4n) is 5.28. The Morgan fingerprint density at radius 2 is 1.95 bits per heavy atom. The van der Waals surface area contributed by atoms with E-state index in [4.69, 9.17) is 19.2 Å². The number of amides is 1. The van der Waals surface area contributed by atoms with Crippen LogP contribution < -0.4 is 19.7 Å². The first kappa shape index (κ1) is 26.7. The van der Waals surface area contributed by atoms with Crippen LogP contribution in [0.15, 0.2) is 55.2 Å². The van der Waals surface area contributed by atoms with Gasteiger partial charge in [-0.05, 0) is 57.5 Å². The molecule has 7 rings (SSSR count). The van der Waals surface area contributed by atoms with Gasteiger partial charge < -0.3 is 24.4 Å². The fourth-order valence-corrected chi connectivity index (χ4v) is 5.28. The van der Waals surface area contributed by atoms with Crippen LogP contribution in [0.5, 0.6) is 17.2 Å². The molecule has 1 amide bonds. The third kappa shape index (κ3) is 5.29. The van der Waals surface area contributed by atoms with Crippen molar-refractivity contribution in [3.05, 3.63) is 60.8 Å². The molecule has 43 heavy (non-hydrogen) atoms. The van der Waals surface area contributed by atoms with Crippen LogP contribution in [0.1, 0.15) is 26.3 Å². The molecule has 0 saturated carbocycles. The lowest BCUT2D eigenvalue weighted by molar-refractivity contribution is 0.00974. The van der Waals surface area contributed by atoms with Gasteiger partial charge in [0.15, 0.2) is 23.0 Å². The van der Waals surface area contributed by atoms with Crippen molar-refractivity contribution in [2.24, 2.45) is 0 Å². The summed E-state index contributed by atoms with van der Waals surface area (Å²) in [6.45, 7) is 9.63. The second-order valence-electron chi connectivity index (χ2n) is 11.6. The van der Waals surface area contributed by atoms with E-state index >= 15 is 0 Å². The van der Waals surface area contributed by atoms with E-state index in [2.05, 4.69) is 30.3 Å². The van der Waals surface area contributed by atoms with Crippen molar-refractivity contribution in [1.82, 2.24) is 34.4 Å². The molecule has 1 N–H and O–H groups in total. The Morgan fingerprint density at radius 3 is 2.79 bits per heavy atom. The quantitative estimate of drug-likeness (QED) is 0.316. The largest absolute Gasteiger partial charge is 0.487 e. The molecule has 13 nitrogen and oxygen atoms in total. The SMILES string of the molecule is Cc1cc(Nc2ncnc3cc4c(nc23)N2CCN(C(=O)OC(C)(C)C)[C@@H](CO4)C2)ccc1Oc1ccn2ncnc2c1. The van der Waals surface area contributed by atoms with E-state index in [9.17, 15) is 4.79 Å². The van der Waals surface area contributed by atoms with Gasteiger partial charge >= 0.3 is 6.09 Å². The van der Waals surface area contributed by atoms with Crippen LogP contribution in [0, 0.1) is 6.92 Å². The maximum Gasteiger partial charge on any atom is 0.410 e. The van der Waals surface area contributed by atoms with Gasteiger partial charge in [-0.25, -0.2) is 29.2 Å². The van der Waals surface area contributed by atoms with Crippen molar-refractivity contribution in [2.75, 3.05) is 36.5 Å². The Kier molecular flexibility index (Phi) is 6.37. The number of carbonyl (C=O) groups is 1. The topological polar surface area (TPSA) is 132 Å². The molecule has 1 fully saturated rings. The molecule has 4 aromatic heterocycles. The monoisotopic (exact) mass is 581 g/mol. The second-order valence-corrected chi connectivity index (χ2v) is 11.6. The molecule has 0 radical (unpaired) electrons. The maximum absolute atomic E-state index is 12.9. The molecule has 5 aromatic rings. The van der Waals surface area contributed by atoms with Crippen LogP contribution >= 0.6 is 0 Å². The average molecular weight is 582 g/mol. The number of anilines is 3. The number of aryl methyl sites for hydroxylation is 1. The van der Waals surface area contributed by atoms with Gasteiger partial charge in [0.05, 0.1) is 11.6 Å². The smallest absolute Gasteiger partial charge is 0.410 e. The third-order valence-corrected chi connectivity index (χ3v) is 7.32. The Bertz CT molecular complexity index is 1850. The van der Waals surface area contributed by atoms with Gasteiger partial charge in [-0.15, -0.1) is 0 Å². The van der Waals surface area contributed by atoms with Crippen molar-refractivity contribution in [3.8, 4) is 17.2 Å². The number of nitrogens with one attached hydrogen (secondary N) is 1. The van der Waals surface area contributed by atoms with E-state index in [0.717, 1.165) is 17.0 Å². The maximum atomic E-state index is 12.9. The van der Waals surface area contributed by atoms with Crippen LogP contribution in [0.4, 0.5) is 22.1 Å². The summed E-state index contributed by atoms with van der Waals surface area (Å²) in [5, 5.41) is 7.52. The number of rotatable bonds is 4. The molecule has 2 bridgehead atoms. The number of aromatic nitrogens is 6. The first-order chi connectivity index (χ1) is 20.7. The molecule has 1 saturated heterocycles. The molecular weight excluding hydrogens is 550 g/mol. The van der Waals surface area contributed by atoms with E-state index in [1.807, 2.05) is 70.3 Å². The summed E-state index contributed by atoms with van der Waals surface area (Å²) in [5.74, 6) is 3.31. The van der Waals surface area contributed by atoms with E-state index in [1.54, 1.807) is 9.42 Å². The van der Waals surface area contributed by atoms with Crippen molar-refractivity contribution in [3.63, 3.8) is 0 Å². The first-order valence-corrected chi connectivity index (χ1v) is 14.1. The van der Waals surface area contributed by atoms with Crippen molar-refractivity contribution in [2.45, 2.75) is 39.3 Å². The van der Waals surface area contributed by atoms with Crippen molar-refractivity contribution < 1.29 is 19.0 Å². The number of nitrogens with zero attached hydrogens (tertiary/aromatic N) is 8. The summed E-state index contributed by atoms with van der Waals surface area (Å²) in [5.41, 5.74) is 3.19. The molecular formula is C30H31N9O4. The summed E-state index contributed by atoms with van der Waals surface area (Å²) >= 11 is 0. The predicted octanol–water partition coefficient (Wildman–Crippen LogP) is 4.73. The molecule has 0 spiro atoms. The lowest BCUT2D eigenvalue weighted by atomic mass is 10.2. The zero-order valence-corrected chi connectivity index (χ0v) is 24.3. The molecule has 13 heteroatoms. The molecule has 220 valence electrons. The van der Waals surface area contributed by atoms with Crippen molar-refractivity contribution in [1.29, 1.82) is 0 Å². The van der Waals surface area contributed by atoms with E-state index in [1.165, 1.54) is 12.7 Å². The Morgan fingerprint density at radius 1 is 1.07 bits per heavy atom. The van der Waals surface area contributed by atoms with Crippen LogP contribution in [-0.2, 0) is 4.74 Å². The highest BCUT2D eigenvalue weighted by Gasteiger charge is 2.37. The van der Waals surface area contributed by atoms with E-state index in [0.29, 0.717) is 66.1 Å². The minimum absolute atomic E-state index is 0.161. The number of benzene rings is 1. The zero-order chi connectivity index (χ0) is 29.7. The highest BCUT2D eigenvalue weighted by atomic mass is 16.6. The van der Waals surface area contributed by atoms with Gasteiger partial charge in [-0.2, -0.15) is 5.10 Å². The highest BCUT2D eigenvalue weighted by molar-refractivity contribution is 5.90.